The lowest BCUT2D eigenvalue weighted by atomic mass is 10.1. The minimum absolute atomic E-state index is 0.136. The van der Waals surface area contributed by atoms with Crippen molar-refractivity contribution in [2.45, 2.75) is 13.0 Å². The van der Waals surface area contributed by atoms with E-state index >= 15 is 0 Å². The van der Waals surface area contributed by atoms with Crippen molar-refractivity contribution in [3.05, 3.63) is 76.3 Å². The first-order valence-electron chi connectivity index (χ1n) is 9.17. The predicted octanol–water partition coefficient (Wildman–Crippen LogP) is 3.34. The molecule has 0 spiro atoms. The van der Waals surface area contributed by atoms with E-state index in [-0.39, 0.29) is 17.7 Å². The summed E-state index contributed by atoms with van der Waals surface area (Å²) in [4.78, 5) is 35.7. The van der Waals surface area contributed by atoms with Gasteiger partial charge in [0, 0.05) is 36.6 Å². The second-order valence-electron chi connectivity index (χ2n) is 6.95. The number of amides is 1. The number of pyridine rings is 2. The van der Waals surface area contributed by atoms with Gasteiger partial charge in [-0.3, -0.25) is 9.59 Å². The Morgan fingerprint density at radius 3 is 2.79 bits per heavy atom. The molecule has 0 aliphatic rings. The Morgan fingerprint density at radius 2 is 2.00 bits per heavy atom. The second kappa shape index (κ2) is 7.27. The molecular formula is C22H20N4O3. The molecule has 7 nitrogen and oxygen atoms in total. The third-order valence-electron chi connectivity index (χ3n) is 5.04. The number of rotatable bonds is 4. The summed E-state index contributed by atoms with van der Waals surface area (Å²) in [5.74, 6) is -0.315. The molecular weight excluding hydrogens is 368 g/mol. The molecule has 0 aliphatic heterocycles. The van der Waals surface area contributed by atoms with E-state index in [2.05, 4.69) is 15.0 Å². The minimum atomic E-state index is -0.423. The van der Waals surface area contributed by atoms with Gasteiger partial charge >= 0.3 is 0 Å². The Balaban J connectivity index is 1.54. The van der Waals surface area contributed by atoms with Crippen molar-refractivity contribution in [3.63, 3.8) is 0 Å². The van der Waals surface area contributed by atoms with Crippen LogP contribution in [0.5, 0.6) is 5.75 Å². The summed E-state index contributed by atoms with van der Waals surface area (Å²) in [6.45, 7) is 1.96. The number of likely N-dealkylation sites (N-methyl/N-ethyl adjacent to an activating group) is 1. The Morgan fingerprint density at radius 1 is 1.21 bits per heavy atom. The van der Waals surface area contributed by atoms with Gasteiger partial charge in [0.2, 0.25) is 5.91 Å². The fourth-order valence-electron chi connectivity index (χ4n) is 3.23. The molecule has 146 valence electrons. The van der Waals surface area contributed by atoms with E-state index in [1.165, 1.54) is 12.3 Å². The van der Waals surface area contributed by atoms with Crippen molar-refractivity contribution in [1.29, 1.82) is 0 Å². The summed E-state index contributed by atoms with van der Waals surface area (Å²) in [6, 6.07) is 12.6. The quantitative estimate of drug-likeness (QED) is 0.467. The topological polar surface area (TPSA) is 102 Å². The number of carbonyl (C=O) groups is 1. The molecule has 0 fully saturated rings. The Kier molecular flexibility index (Phi) is 4.64. The number of hydrogen-bond acceptors (Lipinski definition) is 4. The van der Waals surface area contributed by atoms with Crippen LogP contribution in [-0.2, 0) is 4.79 Å². The van der Waals surface area contributed by atoms with Gasteiger partial charge in [-0.15, -0.1) is 0 Å². The van der Waals surface area contributed by atoms with Crippen molar-refractivity contribution in [2.24, 2.45) is 0 Å². The van der Waals surface area contributed by atoms with Crippen LogP contribution in [0.2, 0.25) is 0 Å². The molecule has 0 saturated heterocycles. The number of fused-ring (bicyclic) bond motifs is 2. The lowest BCUT2D eigenvalue weighted by molar-refractivity contribution is -0.126. The average molecular weight is 388 g/mol. The van der Waals surface area contributed by atoms with Crippen LogP contribution in [0.4, 0.5) is 0 Å². The average Bonchev–Trinajstić information content (AvgIpc) is 3.15. The molecule has 3 aromatic heterocycles. The van der Waals surface area contributed by atoms with Gasteiger partial charge in [-0.2, -0.15) is 0 Å². The van der Waals surface area contributed by atoms with E-state index in [0.717, 1.165) is 22.7 Å². The first kappa shape index (κ1) is 18.5. The first-order valence-corrected chi connectivity index (χ1v) is 9.17. The maximum absolute atomic E-state index is 12.6. The van der Waals surface area contributed by atoms with E-state index in [0.29, 0.717) is 16.6 Å². The third kappa shape index (κ3) is 3.62. The standard InChI is InChI=1S/C22H20N4O3/c1-13(18-10-15-5-3-4-6-17(15)24-18)26(2)21(29)8-7-14-9-16-19(27)11-20(28)25-22(16)23-12-14/h3-13,24H,1-2H3,(H2,23,25,27,28)/b8-7+. The van der Waals surface area contributed by atoms with Crippen molar-refractivity contribution < 1.29 is 9.90 Å². The largest absolute Gasteiger partial charge is 0.507 e. The van der Waals surface area contributed by atoms with Gasteiger partial charge in [0.15, 0.2) is 0 Å². The number of benzene rings is 1. The SMILES string of the molecule is CC(c1cc2ccccc2[nH]1)N(C)C(=O)/C=C/c1cnc2[nH]c(=O)cc(O)c2c1. The summed E-state index contributed by atoms with van der Waals surface area (Å²) in [5, 5.41) is 11.5. The monoisotopic (exact) mass is 388 g/mol. The normalized spacial score (nSPS) is 12.6. The summed E-state index contributed by atoms with van der Waals surface area (Å²) in [6.07, 6.45) is 4.63. The van der Waals surface area contributed by atoms with E-state index < -0.39 is 5.56 Å². The number of nitrogens with zero attached hydrogens (tertiary/aromatic N) is 2. The first-order chi connectivity index (χ1) is 13.9. The summed E-state index contributed by atoms with van der Waals surface area (Å²) in [5.41, 5.74) is 2.50. The van der Waals surface area contributed by atoms with Crippen LogP contribution in [0.1, 0.15) is 24.2 Å². The molecule has 7 heteroatoms. The zero-order chi connectivity index (χ0) is 20.5. The minimum Gasteiger partial charge on any atom is -0.507 e. The maximum Gasteiger partial charge on any atom is 0.253 e. The molecule has 29 heavy (non-hydrogen) atoms. The van der Waals surface area contributed by atoms with Crippen molar-refractivity contribution >= 4 is 33.9 Å². The molecule has 3 N–H and O–H groups in total. The van der Waals surface area contributed by atoms with Gasteiger partial charge in [0.05, 0.1) is 11.4 Å². The van der Waals surface area contributed by atoms with Crippen LogP contribution in [0.3, 0.4) is 0 Å². The number of H-pyrrole nitrogens is 2. The highest BCUT2D eigenvalue weighted by molar-refractivity contribution is 5.93. The number of aromatic hydroxyl groups is 1. The number of aromatic amines is 2. The van der Waals surface area contributed by atoms with Gasteiger partial charge < -0.3 is 20.0 Å². The van der Waals surface area contributed by atoms with Crippen LogP contribution in [-0.4, -0.2) is 37.9 Å². The van der Waals surface area contributed by atoms with Gasteiger partial charge in [-0.1, -0.05) is 18.2 Å². The Labute approximate surface area is 166 Å². The maximum atomic E-state index is 12.6. The molecule has 1 aromatic carbocycles. The molecule has 0 saturated carbocycles. The fraction of sp³-hybridized carbons (Fsp3) is 0.136. The molecule has 4 aromatic rings. The molecule has 1 unspecified atom stereocenters. The van der Waals surface area contributed by atoms with Crippen LogP contribution in [0.15, 0.2) is 59.5 Å². The number of carbonyl (C=O) groups excluding carboxylic acids is 1. The zero-order valence-corrected chi connectivity index (χ0v) is 16.0. The lowest BCUT2D eigenvalue weighted by Gasteiger charge is -2.22. The Bertz CT molecular complexity index is 1270. The van der Waals surface area contributed by atoms with Crippen LogP contribution >= 0.6 is 0 Å². The highest BCUT2D eigenvalue weighted by Crippen LogP contribution is 2.24. The second-order valence-corrected chi connectivity index (χ2v) is 6.95. The summed E-state index contributed by atoms with van der Waals surface area (Å²) < 4.78 is 0. The van der Waals surface area contributed by atoms with Crippen molar-refractivity contribution in [3.8, 4) is 5.75 Å². The van der Waals surface area contributed by atoms with Gasteiger partial charge in [-0.05, 0) is 42.1 Å². The lowest BCUT2D eigenvalue weighted by Crippen LogP contribution is -2.28. The number of aromatic nitrogens is 3. The van der Waals surface area contributed by atoms with Gasteiger partial charge in [0.1, 0.15) is 11.4 Å². The molecule has 0 aliphatic carbocycles. The summed E-state index contributed by atoms with van der Waals surface area (Å²) in [7, 11) is 1.75. The molecule has 0 radical (unpaired) electrons. The van der Waals surface area contributed by atoms with Crippen LogP contribution < -0.4 is 5.56 Å². The molecule has 1 atom stereocenters. The smallest absolute Gasteiger partial charge is 0.253 e. The number of nitrogens with one attached hydrogen (secondary N) is 2. The van der Waals surface area contributed by atoms with E-state index in [1.807, 2.05) is 37.3 Å². The number of hydrogen-bond donors (Lipinski definition) is 3. The molecule has 0 bridgehead atoms. The highest BCUT2D eigenvalue weighted by Gasteiger charge is 2.17. The van der Waals surface area contributed by atoms with Crippen molar-refractivity contribution in [1.82, 2.24) is 19.9 Å². The summed E-state index contributed by atoms with van der Waals surface area (Å²) >= 11 is 0. The van der Waals surface area contributed by atoms with Crippen LogP contribution in [0.25, 0.3) is 28.0 Å². The van der Waals surface area contributed by atoms with E-state index in [9.17, 15) is 14.7 Å². The van der Waals surface area contributed by atoms with Crippen molar-refractivity contribution in [2.75, 3.05) is 7.05 Å². The number of para-hydroxylation sites is 1. The third-order valence-corrected chi connectivity index (χ3v) is 5.04. The molecule has 4 rings (SSSR count). The van der Waals surface area contributed by atoms with E-state index in [4.69, 9.17) is 0 Å². The van der Waals surface area contributed by atoms with Gasteiger partial charge in [-0.25, -0.2) is 4.98 Å². The van der Waals surface area contributed by atoms with Gasteiger partial charge in [0.25, 0.3) is 5.56 Å². The fourth-order valence-corrected chi connectivity index (χ4v) is 3.23. The Hall–Kier alpha value is -3.87. The highest BCUT2D eigenvalue weighted by atomic mass is 16.3. The molecule has 1 amide bonds. The van der Waals surface area contributed by atoms with E-state index in [1.54, 1.807) is 24.1 Å². The predicted molar refractivity (Wildman–Crippen MR) is 113 cm³/mol. The molecule has 3 heterocycles. The van der Waals surface area contributed by atoms with Crippen LogP contribution in [0, 0.1) is 0 Å². The zero-order valence-electron chi connectivity index (χ0n) is 16.0.